The van der Waals surface area contributed by atoms with Gasteiger partial charge in [0.25, 0.3) is 0 Å². The van der Waals surface area contributed by atoms with Gasteiger partial charge in [-0.2, -0.15) is 0 Å². The van der Waals surface area contributed by atoms with Crippen molar-refractivity contribution < 1.29 is 23.8 Å². The molecule has 0 unspecified atom stereocenters. The summed E-state index contributed by atoms with van der Waals surface area (Å²) in [5, 5.41) is 2.86. The van der Waals surface area contributed by atoms with Crippen molar-refractivity contribution >= 4 is 17.8 Å². The van der Waals surface area contributed by atoms with Crippen molar-refractivity contribution in [3.8, 4) is 11.5 Å². The van der Waals surface area contributed by atoms with Crippen LogP contribution < -0.4 is 14.8 Å². The standard InChI is InChI=1S/C25H28N4O5/c1-2-32-24(31)21-22(18-6-4-3-5-7-18)26-25(27-23(21)30)29-12-10-28(11-13-29)15-17-8-9-19-20(14-17)34-16-33-19/h3-9,14,21-22H,2,10-13,15-16H2,1H3,(H,26,27,30)/t21-,22-/m1/s1. The molecule has 9 nitrogen and oxygen atoms in total. The van der Waals surface area contributed by atoms with Gasteiger partial charge < -0.3 is 19.1 Å². The van der Waals surface area contributed by atoms with Crippen molar-refractivity contribution in [3.63, 3.8) is 0 Å². The number of esters is 1. The number of amides is 1. The van der Waals surface area contributed by atoms with Crippen LogP contribution in [0.3, 0.4) is 0 Å². The van der Waals surface area contributed by atoms with Crippen molar-refractivity contribution in [2.75, 3.05) is 39.6 Å². The van der Waals surface area contributed by atoms with Crippen molar-refractivity contribution in [1.29, 1.82) is 0 Å². The van der Waals surface area contributed by atoms with E-state index in [1.54, 1.807) is 6.92 Å². The SMILES string of the molecule is CCOC(=O)[C@H]1C(=O)NC(N2CCN(Cc3ccc4c(c3)OCO4)CC2)=N[C@@H]1c1ccccc1. The van der Waals surface area contributed by atoms with Crippen LogP contribution in [0.1, 0.15) is 24.1 Å². The molecule has 2 aromatic carbocycles. The first-order chi connectivity index (χ1) is 16.6. The number of nitrogens with one attached hydrogen (secondary N) is 1. The zero-order valence-electron chi connectivity index (χ0n) is 19.1. The predicted molar refractivity (Wildman–Crippen MR) is 124 cm³/mol. The van der Waals surface area contributed by atoms with Gasteiger partial charge in [-0.1, -0.05) is 36.4 Å². The summed E-state index contributed by atoms with van der Waals surface area (Å²) in [4.78, 5) is 34.8. The number of ether oxygens (including phenoxy) is 3. The Morgan fingerprint density at radius 2 is 1.85 bits per heavy atom. The summed E-state index contributed by atoms with van der Waals surface area (Å²) in [6, 6.07) is 14.9. The number of hydrogen-bond acceptors (Lipinski definition) is 8. The highest BCUT2D eigenvalue weighted by Crippen LogP contribution is 2.33. The summed E-state index contributed by atoms with van der Waals surface area (Å²) >= 11 is 0. The maximum absolute atomic E-state index is 13.0. The molecule has 1 amide bonds. The van der Waals surface area contributed by atoms with Crippen LogP contribution in [0.2, 0.25) is 0 Å². The van der Waals surface area contributed by atoms with Gasteiger partial charge in [0.15, 0.2) is 17.4 Å². The fourth-order valence-electron chi connectivity index (χ4n) is 4.53. The van der Waals surface area contributed by atoms with Crippen LogP contribution >= 0.6 is 0 Å². The fourth-order valence-corrected chi connectivity index (χ4v) is 4.53. The number of aliphatic imine (C=N–C) groups is 1. The molecular weight excluding hydrogens is 436 g/mol. The Balaban J connectivity index is 1.28. The minimum Gasteiger partial charge on any atom is -0.465 e. The third-order valence-corrected chi connectivity index (χ3v) is 6.29. The van der Waals surface area contributed by atoms with Gasteiger partial charge in [0, 0.05) is 32.7 Å². The summed E-state index contributed by atoms with van der Waals surface area (Å²) < 4.78 is 16.1. The molecule has 0 bridgehead atoms. The number of nitrogens with zero attached hydrogens (tertiary/aromatic N) is 3. The van der Waals surface area contributed by atoms with Gasteiger partial charge in [-0.05, 0) is 30.2 Å². The second-order valence-electron chi connectivity index (χ2n) is 8.48. The zero-order valence-corrected chi connectivity index (χ0v) is 19.1. The number of benzene rings is 2. The summed E-state index contributed by atoms with van der Waals surface area (Å²) in [5.74, 6) is 0.165. The smallest absolute Gasteiger partial charge is 0.321 e. The number of guanidine groups is 1. The van der Waals surface area contributed by atoms with E-state index in [2.05, 4.69) is 21.2 Å². The molecule has 5 rings (SSSR count). The van der Waals surface area contributed by atoms with Gasteiger partial charge in [0.05, 0.1) is 6.61 Å². The van der Waals surface area contributed by atoms with Crippen molar-refractivity contribution in [1.82, 2.24) is 15.1 Å². The Hall–Kier alpha value is -3.59. The van der Waals surface area contributed by atoms with Gasteiger partial charge in [0.2, 0.25) is 18.7 Å². The lowest BCUT2D eigenvalue weighted by Crippen LogP contribution is -2.57. The molecule has 1 fully saturated rings. The number of piperazine rings is 1. The zero-order chi connectivity index (χ0) is 23.5. The minimum atomic E-state index is -1.00. The highest BCUT2D eigenvalue weighted by Gasteiger charge is 2.42. The molecule has 3 aliphatic rings. The number of fused-ring (bicyclic) bond motifs is 1. The molecule has 0 saturated carbocycles. The largest absolute Gasteiger partial charge is 0.465 e. The van der Waals surface area contributed by atoms with Crippen molar-refractivity contribution in [3.05, 3.63) is 59.7 Å². The monoisotopic (exact) mass is 464 g/mol. The number of rotatable bonds is 5. The Bertz CT molecular complexity index is 1080. The molecular formula is C25H28N4O5. The first-order valence-corrected chi connectivity index (χ1v) is 11.6. The third-order valence-electron chi connectivity index (χ3n) is 6.29. The van der Waals surface area contributed by atoms with E-state index in [0.29, 0.717) is 5.96 Å². The lowest BCUT2D eigenvalue weighted by molar-refractivity contribution is -0.153. The lowest BCUT2D eigenvalue weighted by Gasteiger charge is -2.39. The normalized spacial score (nSPS) is 22.2. The van der Waals surface area contributed by atoms with Gasteiger partial charge in [-0.25, -0.2) is 4.99 Å². The quantitative estimate of drug-likeness (QED) is 0.534. The first-order valence-electron chi connectivity index (χ1n) is 11.6. The Kier molecular flexibility index (Phi) is 6.35. The van der Waals surface area contributed by atoms with E-state index in [9.17, 15) is 9.59 Å². The lowest BCUT2D eigenvalue weighted by atomic mass is 9.91. The molecule has 1 N–H and O–H groups in total. The Labute approximate surface area is 198 Å². The van der Waals surface area contributed by atoms with Gasteiger partial charge in [0.1, 0.15) is 6.04 Å². The van der Waals surface area contributed by atoms with Crippen molar-refractivity contribution in [2.24, 2.45) is 10.9 Å². The highest BCUT2D eigenvalue weighted by molar-refractivity contribution is 6.08. The molecule has 3 heterocycles. The third kappa shape index (κ3) is 4.56. The van der Waals surface area contributed by atoms with Gasteiger partial charge >= 0.3 is 5.97 Å². The Morgan fingerprint density at radius 1 is 1.09 bits per heavy atom. The second kappa shape index (κ2) is 9.72. The minimum absolute atomic E-state index is 0.214. The molecule has 2 atom stereocenters. The molecule has 3 aliphatic heterocycles. The van der Waals surface area contributed by atoms with Crippen LogP contribution in [0.15, 0.2) is 53.5 Å². The van der Waals surface area contributed by atoms with E-state index in [1.807, 2.05) is 42.5 Å². The molecule has 9 heteroatoms. The first kappa shape index (κ1) is 22.2. The maximum atomic E-state index is 13.0. The highest BCUT2D eigenvalue weighted by atomic mass is 16.7. The van der Waals surface area contributed by atoms with Crippen LogP contribution in [-0.4, -0.2) is 67.2 Å². The average molecular weight is 465 g/mol. The number of carbonyl (C=O) groups is 2. The number of carbonyl (C=O) groups excluding carboxylic acids is 2. The van der Waals surface area contributed by atoms with E-state index in [1.165, 1.54) is 5.56 Å². The van der Waals surface area contributed by atoms with E-state index in [-0.39, 0.29) is 19.3 Å². The van der Waals surface area contributed by atoms with Crippen molar-refractivity contribution in [2.45, 2.75) is 19.5 Å². The number of hydrogen-bond donors (Lipinski definition) is 1. The average Bonchev–Trinajstić information content (AvgIpc) is 3.33. The van der Waals surface area contributed by atoms with E-state index in [0.717, 1.165) is 49.8 Å². The van der Waals surface area contributed by atoms with Crippen LogP contribution in [0.4, 0.5) is 0 Å². The fraction of sp³-hybridized carbons (Fsp3) is 0.400. The summed E-state index contributed by atoms with van der Waals surface area (Å²) in [5.41, 5.74) is 1.98. The van der Waals surface area contributed by atoms with E-state index in [4.69, 9.17) is 19.2 Å². The van der Waals surface area contributed by atoms with Gasteiger partial charge in [-0.15, -0.1) is 0 Å². The Morgan fingerprint density at radius 3 is 2.62 bits per heavy atom. The van der Waals surface area contributed by atoms with Crippen LogP contribution in [0.25, 0.3) is 0 Å². The molecule has 0 spiro atoms. The van der Waals surface area contributed by atoms with E-state index < -0.39 is 17.9 Å². The molecule has 0 radical (unpaired) electrons. The van der Waals surface area contributed by atoms with E-state index >= 15 is 0 Å². The predicted octanol–water partition coefficient (Wildman–Crippen LogP) is 1.94. The summed E-state index contributed by atoms with van der Waals surface area (Å²) in [6.07, 6.45) is 0. The van der Waals surface area contributed by atoms with Crippen LogP contribution in [0.5, 0.6) is 11.5 Å². The topological polar surface area (TPSA) is 92.7 Å². The van der Waals surface area contributed by atoms with Gasteiger partial charge in [-0.3, -0.25) is 19.8 Å². The van der Waals surface area contributed by atoms with Crippen LogP contribution in [0, 0.1) is 5.92 Å². The molecule has 0 aliphatic carbocycles. The molecule has 178 valence electrons. The van der Waals surface area contributed by atoms with Crippen LogP contribution in [-0.2, 0) is 20.9 Å². The molecule has 34 heavy (non-hydrogen) atoms. The maximum Gasteiger partial charge on any atom is 0.321 e. The molecule has 2 aromatic rings. The summed E-state index contributed by atoms with van der Waals surface area (Å²) in [7, 11) is 0. The molecule has 1 saturated heterocycles. The molecule has 0 aromatic heterocycles. The second-order valence-corrected chi connectivity index (χ2v) is 8.48. The summed E-state index contributed by atoms with van der Waals surface area (Å²) in [6.45, 7) is 6.10.